The van der Waals surface area contributed by atoms with E-state index in [0.29, 0.717) is 6.61 Å². The minimum Gasteiger partial charge on any atom is -0.396 e. The molecule has 1 aromatic heterocycles. The van der Waals surface area contributed by atoms with Gasteiger partial charge in [-0.05, 0) is 43.9 Å². The van der Waals surface area contributed by atoms with Gasteiger partial charge in [-0.15, -0.1) is 0 Å². The first-order chi connectivity index (χ1) is 9.83. The highest BCUT2D eigenvalue weighted by molar-refractivity contribution is 5.37. The van der Waals surface area contributed by atoms with E-state index in [2.05, 4.69) is 33.8 Å². The maximum atomic E-state index is 8.94. The van der Waals surface area contributed by atoms with Gasteiger partial charge < -0.3 is 14.9 Å². The summed E-state index contributed by atoms with van der Waals surface area (Å²) in [5.41, 5.74) is 0. The largest absolute Gasteiger partial charge is 0.396 e. The van der Waals surface area contributed by atoms with Crippen molar-refractivity contribution >= 4 is 5.82 Å². The Morgan fingerprint density at radius 2 is 2.15 bits per heavy atom. The van der Waals surface area contributed by atoms with Crippen molar-refractivity contribution in [3.8, 4) is 0 Å². The molecule has 112 valence electrons. The van der Waals surface area contributed by atoms with Gasteiger partial charge in [0.2, 0.25) is 0 Å². The molecule has 1 aliphatic rings. The van der Waals surface area contributed by atoms with Crippen LogP contribution in [-0.4, -0.2) is 54.3 Å². The molecule has 1 fully saturated rings. The van der Waals surface area contributed by atoms with Crippen LogP contribution in [0, 0.1) is 5.92 Å². The zero-order valence-corrected chi connectivity index (χ0v) is 12.5. The van der Waals surface area contributed by atoms with Crippen molar-refractivity contribution in [1.82, 2.24) is 9.88 Å². The van der Waals surface area contributed by atoms with Crippen LogP contribution in [-0.2, 0) is 0 Å². The van der Waals surface area contributed by atoms with E-state index >= 15 is 0 Å². The first kappa shape index (κ1) is 15.3. The summed E-state index contributed by atoms with van der Waals surface area (Å²) in [6, 6.07) is 6.12. The van der Waals surface area contributed by atoms with Crippen LogP contribution >= 0.6 is 0 Å². The molecule has 4 nitrogen and oxygen atoms in total. The molecule has 0 aromatic carbocycles. The second-order valence-electron chi connectivity index (χ2n) is 5.59. The quantitative estimate of drug-likeness (QED) is 0.827. The Kier molecular flexibility index (Phi) is 6.27. The van der Waals surface area contributed by atoms with E-state index < -0.39 is 0 Å². The average molecular weight is 277 g/mol. The summed E-state index contributed by atoms with van der Waals surface area (Å²) in [7, 11) is 0. The van der Waals surface area contributed by atoms with Gasteiger partial charge in [0, 0.05) is 39.0 Å². The fraction of sp³-hybridized carbons (Fsp3) is 0.688. The van der Waals surface area contributed by atoms with Gasteiger partial charge in [0.15, 0.2) is 0 Å². The van der Waals surface area contributed by atoms with Gasteiger partial charge >= 0.3 is 0 Å². The number of aromatic nitrogens is 1. The fourth-order valence-electron chi connectivity index (χ4n) is 2.92. The number of anilines is 1. The van der Waals surface area contributed by atoms with Crippen LogP contribution in [0.3, 0.4) is 0 Å². The molecule has 1 N–H and O–H groups in total. The normalized spacial score (nSPS) is 16.9. The Labute approximate surface area is 122 Å². The average Bonchev–Trinajstić information content (AvgIpc) is 2.53. The van der Waals surface area contributed by atoms with Crippen molar-refractivity contribution in [2.45, 2.75) is 26.2 Å². The van der Waals surface area contributed by atoms with Crippen LogP contribution in [0.4, 0.5) is 5.82 Å². The summed E-state index contributed by atoms with van der Waals surface area (Å²) in [5, 5.41) is 8.94. The predicted octanol–water partition coefficient (Wildman–Crippen LogP) is 2.00. The highest BCUT2D eigenvalue weighted by atomic mass is 16.3. The molecule has 0 saturated carbocycles. The summed E-state index contributed by atoms with van der Waals surface area (Å²) in [6.45, 7) is 8.01. The Morgan fingerprint density at radius 3 is 2.75 bits per heavy atom. The maximum Gasteiger partial charge on any atom is 0.128 e. The zero-order chi connectivity index (χ0) is 14.2. The summed E-state index contributed by atoms with van der Waals surface area (Å²) in [6.07, 6.45) is 5.24. The molecule has 1 aliphatic heterocycles. The Morgan fingerprint density at radius 1 is 1.35 bits per heavy atom. The van der Waals surface area contributed by atoms with Crippen molar-refractivity contribution in [2.24, 2.45) is 5.92 Å². The van der Waals surface area contributed by atoms with Gasteiger partial charge in [-0.1, -0.05) is 13.0 Å². The minimum absolute atomic E-state index is 0.300. The summed E-state index contributed by atoms with van der Waals surface area (Å²) in [5.74, 6) is 1.90. The van der Waals surface area contributed by atoms with Crippen molar-refractivity contribution in [1.29, 1.82) is 0 Å². The van der Waals surface area contributed by atoms with Gasteiger partial charge in [0.05, 0.1) is 0 Å². The summed E-state index contributed by atoms with van der Waals surface area (Å²) >= 11 is 0. The predicted molar refractivity (Wildman–Crippen MR) is 83.0 cm³/mol. The number of aliphatic hydroxyl groups is 1. The molecule has 0 bridgehead atoms. The lowest BCUT2D eigenvalue weighted by Gasteiger charge is -2.35. The van der Waals surface area contributed by atoms with E-state index in [9.17, 15) is 0 Å². The van der Waals surface area contributed by atoms with Crippen LogP contribution in [0.1, 0.15) is 26.2 Å². The third kappa shape index (κ3) is 4.46. The van der Waals surface area contributed by atoms with Crippen molar-refractivity contribution in [3.63, 3.8) is 0 Å². The lowest BCUT2D eigenvalue weighted by atomic mass is 9.96. The van der Waals surface area contributed by atoms with E-state index in [0.717, 1.165) is 44.3 Å². The van der Waals surface area contributed by atoms with Crippen LogP contribution in [0.5, 0.6) is 0 Å². The zero-order valence-electron chi connectivity index (χ0n) is 12.5. The minimum atomic E-state index is 0.300. The molecule has 2 rings (SSSR count). The molecular weight excluding hydrogens is 250 g/mol. The molecule has 20 heavy (non-hydrogen) atoms. The monoisotopic (exact) mass is 277 g/mol. The smallest absolute Gasteiger partial charge is 0.128 e. The summed E-state index contributed by atoms with van der Waals surface area (Å²) < 4.78 is 0. The fourth-order valence-corrected chi connectivity index (χ4v) is 2.92. The molecule has 1 aromatic rings. The van der Waals surface area contributed by atoms with Gasteiger partial charge in [-0.2, -0.15) is 0 Å². The van der Waals surface area contributed by atoms with Crippen molar-refractivity contribution in [3.05, 3.63) is 24.4 Å². The van der Waals surface area contributed by atoms with E-state index in [-0.39, 0.29) is 0 Å². The molecule has 0 unspecified atom stereocenters. The Hall–Kier alpha value is -1.13. The highest BCUT2D eigenvalue weighted by Crippen LogP contribution is 2.22. The summed E-state index contributed by atoms with van der Waals surface area (Å²) in [4.78, 5) is 9.29. The number of piperidine rings is 1. The number of hydrogen-bond donors (Lipinski definition) is 1. The third-order valence-electron chi connectivity index (χ3n) is 4.18. The maximum absolute atomic E-state index is 8.94. The molecule has 0 amide bonds. The first-order valence-corrected chi connectivity index (χ1v) is 7.82. The van der Waals surface area contributed by atoms with Crippen molar-refractivity contribution in [2.75, 3.05) is 44.2 Å². The van der Waals surface area contributed by atoms with E-state index in [1.165, 1.54) is 19.4 Å². The topological polar surface area (TPSA) is 39.6 Å². The Balaban J connectivity index is 1.76. The van der Waals surface area contributed by atoms with E-state index in [4.69, 9.17) is 5.11 Å². The second kappa shape index (κ2) is 8.22. The molecule has 4 heteroatoms. The van der Waals surface area contributed by atoms with Crippen LogP contribution < -0.4 is 4.90 Å². The lowest BCUT2D eigenvalue weighted by Crippen LogP contribution is -2.39. The second-order valence-corrected chi connectivity index (χ2v) is 5.59. The molecule has 1 saturated heterocycles. The SMILES string of the molecule is CCN(CCCO)CC1CCN(c2ccccn2)CC1. The molecule has 2 heterocycles. The van der Waals surface area contributed by atoms with Gasteiger partial charge in [0.25, 0.3) is 0 Å². The van der Waals surface area contributed by atoms with Crippen LogP contribution in [0.25, 0.3) is 0 Å². The molecular formula is C16H27N3O. The van der Waals surface area contributed by atoms with Crippen molar-refractivity contribution < 1.29 is 5.11 Å². The number of nitrogens with zero attached hydrogens (tertiary/aromatic N) is 3. The first-order valence-electron chi connectivity index (χ1n) is 7.82. The van der Waals surface area contributed by atoms with Gasteiger partial charge in [-0.25, -0.2) is 4.98 Å². The van der Waals surface area contributed by atoms with E-state index in [1.54, 1.807) is 0 Å². The number of rotatable bonds is 7. The molecule has 0 spiro atoms. The van der Waals surface area contributed by atoms with Crippen LogP contribution in [0.15, 0.2) is 24.4 Å². The lowest BCUT2D eigenvalue weighted by molar-refractivity contribution is 0.195. The molecule has 0 aliphatic carbocycles. The highest BCUT2D eigenvalue weighted by Gasteiger charge is 2.21. The van der Waals surface area contributed by atoms with Gasteiger partial charge in [-0.3, -0.25) is 0 Å². The standard InChI is InChI=1S/C16H27N3O/c1-2-18(10-5-13-20)14-15-7-11-19(12-8-15)16-6-3-4-9-17-16/h3-4,6,9,15,20H,2,5,7-8,10-14H2,1H3. The van der Waals surface area contributed by atoms with Crippen LogP contribution in [0.2, 0.25) is 0 Å². The third-order valence-corrected chi connectivity index (χ3v) is 4.18. The number of pyridine rings is 1. The van der Waals surface area contributed by atoms with Gasteiger partial charge in [0.1, 0.15) is 5.82 Å². The molecule has 0 atom stereocenters. The van der Waals surface area contributed by atoms with E-state index in [1.807, 2.05) is 12.3 Å². The number of hydrogen-bond acceptors (Lipinski definition) is 4. The number of aliphatic hydroxyl groups excluding tert-OH is 1. The Bertz CT molecular complexity index is 363. The molecule has 0 radical (unpaired) electrons.